The Balaban J connectivity index is 2.09. The van der Waals surface area contributed by atoms with Gasteiger partial charge in [0.1, 0.15) is 5.57 Å². The number of nitrogens with one attached hydrogen (secondary N) is 2. The lowest BCUT2D eigenvalue weighted by atomic mass is 10.1. The van der Waals surface area contributed by atoms with Gasteiger partial charge in [0.25, 0.3) is 11.8 Å². The maximum Gasteiger partial charge on any atom is 0.328 e. The zero-order valence-electron chi connectivity index (χ0n) is 13.0. The molecule has 0 bridgehead atoms. The van der Waals surface area contributed by atoms with Gasteiger partial charge in [-0.05, 0) is 43.7 Å². The van der Waals surface area contributed by atoms with Crippen LogP contribution in [-0.2, 0) is 9.59 Å². The van der Waals surface area contributed by atoms with Gasteiger partial charge >= 0.3 is 6.03 Å². The van der Waals surface area contributed by atoms with Crippen molar-refractivity contribution in [2.24, 2.45) is 0 Å². The van der Waals surface area contributed by atoms with E-state index in [0.717, 1.165) is 17.1 Å². The minimum absolute atomic E-state index is 0.117. The third kappa shape index (κ3) is 2.72. The quantitative estimate of drug-likeness (QED) is 0.649. The molecule has 1 saturated heterocycles. The summed E-state index contributed by atoms with van der Waals surface area (Å²) in [6.07, 6.45) is 1.47. The maximum atomic E-state index is 11.9. The molecule has 1 aliphatic heterocycles. The molecule has 24 heavy (non-hydrogen) atoms. The summed E-state index contributed by atoms with van der Waals surface area (Å²) in [5.74, 6) is -1.43. The van der Waals surface area contributed by atoms with Crippen LogP contribution < -0.4 is 10.6 Å². The minimum Gasteiger partial charge on any atom is -0.316 e. The van der Waals surface area contributed by atoms with E-state index in [1.165, 1.54) is 6.08 Å². The predicted molar refractivity (Wildman–Crippen MR) is 89.9 cm³/mol. The number of barbiturate groups is 1. The highest BCUT2D eigenvalue weighted by Gasteiger charge is 2.28. The first-order valence-electron chi connectivity index (χ1n) is 7.20. The van der Waals surface area contributed by atoms with Gasteiger partial charge in [-0.2, -0.15) is 0 Å². The van der Waals surface area contributed by atoms with Gasteiger partial charge in [-0.1, -0.05) is 23.7 Å². The van der Waals surface area contributed by atoms with E-state index in [4.69, 9.17) is 11.6 Å². The monoisotopic (exact) mass is 343 g/mol. The second kappa shape index (κ2) is 5.98. The molecule has 7 heteroatoms. The van der Waals surface area contributed by atoms with Crippen molar-refractivity contribution in [2.45, 2.75) is 13.8 Å². The molecule has 2 heterocycles. The number of hydrogen-bond acceptors (Lipinski definition) is 3. The van der Waals surface area contributed by atoms with Crippen LogP contribution in [0.25, 0.3) is 11.8 Å². The minimum atomic E-state index is -0.816. The number of aryl methyl sites for hydroxylation is 1. The highest BCUT2D eigenvalue weighted by Crippen LogP contribution is 2.27. The summed E-state index contributed by atoms with van der Waals surface area (Å²) in [5, 5.41) is 4.71. The number of imide groups is 2. The van der Waals surface area contributed by atoms with Gasteiger partial charge in [0.15, 0.2) is 0 Å². The summed E-state index contributed by atoms with van der Waals surface area (Å²) in [6, 6.07) is 8.44. The molecule has 0 unspecified atom stereocenters. The molecule has 2 N–H and O–H groups in total. The average molecular weight is 344 g/mol. The fourth-order valence-electron chi connectivity index (χ4n) is 2.70. The van der Waals surface area contributed by atoms with Gasteiger partial charge in [0.05, 0.1) is 10.7 Å². The SMILES string of the molecule is Cc1cc(C=C2C(=O)NC(=O)NC2=O)c(C)n1-c1ccccc1Cl. The first kappa shape index (κ1) is 16.0. The molecule has 2 aromatic rings. The Hall–Kier alpha value is -2.86. The van der Waals surface area contributed by atoms with Gasteiger partial charge in [0, 0.05) is 11.4 Å². The molecule has 1 fully saturated rings. The highest BCUT2D eigenvalue weighted by molar-refractivity contribution is 6.32. The van der Waals surface area contributed by atoms with Crippen LogP contribution in [0, 0.1) is 13.8 Å². The fourth-order valence-corrected chi connectivity index (χ4v) is 2.92. The molecule has 0 saturated carbocycles. The van der Waals surface area contributed by atoms with Crippen LogP contribution in [-0.4, -0.2) is 22.4 Å². The molecule has 0 atom stereocenters. The Bertz CT molecular complexity index is 890. The van der Waals surface area contributed by atoms with Crippen molar-refractivity contribution in [3.63, 3.8) is 0 Å². The van der Waals surface area contributed by atoms with E-state index in [9.17, 15) is 14.4 Å². The van der Waals surface area contributed by atoms with Crippen molar-refractivity contribution >= 4 is 35.5 Å². The van der Waals surface area contributed by atoms with Gasteiger partial charge in [-0.3, -0.25) is 20.2 Å². The van der Waals surface area contributed by atoms with Crippen molar-refractivity contribution in [3.05, 3.63) is 57.9 Å². The number of amides is 4. The van der Waals surface area contributed by atoms with Crippen LogP contribution in [0.5, 0.6) is 0 Å². The second-order valence-corrected chi connectivity index (χ2v) is 5.82. The Morgan fingerprint density at radius 1 is 1.04 bits per heavy atom. The lowest BCUT2D eigenvalue weighted by molar-refractivity contribution is -0.123. The standard InChI is InChI=1S/C17H14ClN3O3/c1-9-7-11(8-12-15(22)19-17(24)20-16(12)23)10(2)21(9)14-6-4-3-5-13(14)18/h3-8H,1-2H3,(H2,19,20,22,23,24). The molecule has 0 radical (unpaired) electrons. The van der Waals surface area contributed by atoms with Gasteiger partial charge in [-0.25, -0.2) is 4.79 Å². The van der Waals surface area contributed by atoms with Crippen LogP contribution in [0.2, 0.25) is 5.02 Å². The van der Waals surface area contributed by atoms with Crippen LogP contribution in [0.4, 0.5) is 4.79 Å². The van der Waals surface area contributed by atoms with Gasteiger partial charge in [0.2, 0.25) is 0 Å². The van der Waals surface area contributed by atoms with Crippen LogP contribution in [0.3, 0.4) is 0 Å². The second-order valence-electron chi connectivity index (χ2n) is 5.41. The Morgan fingerprint density at radius 3 is 2.29 bits per heavy atom. The molecule has 0 spiro atoms. The van der Waals surface area contributed by atoms with Crippen molar-refractivity contribution in [1.82, 2.24) is 15.2 Å². The molecule has 6 nitrogen and oxygen atoms in total. The summed E-state index contributed by atoms with van der Waals surface area (Å²) in [7, 11) is 0. The van der Waals surface area contributed by atoms with E-state index in [1.807, 2.05) is 42.7 Å². The van der Waals surface area contributed by atoms with Crippen molar-refractivity contribution in [1.29, 1.82) is 0 Å². The lowest BCUT2D eigenvalue weighted by Crippen LogP contribution is -2.51. The first-order chi connectivity index (χ1) is 11.4. The Morgan fingerprint density at radius 2 is 1.67 bits per heavy atom. The van der Waals surface area contributed by atoms with Crippen LogP contribution in [0.1, 0.15) is 17.0 Å². The normalized spacial score (nSPS) is 14.5. The summed E-state index contributed by atoms with van der Waals surface area (Å²) in [6.45, 7) is 3.77. The average Bonchev–Trinajstić information content (AvgIpc) is 2.78. The maximum absolute atomic E-state index is 11.9. The molecular formula is C17H14ClN3O3. The zero-order chi connectivity index (χ0) is 17.4. The third-order valence-corrected chi connectivity index (χ3v) is 4.13. The number of urea groups is 1. The summed E-state index contributed by atoms with van der Waals surface area (Å²) in [5.41, 5.74) is 3.12. The van der Waals surface area contributed by atoms with Crippen molar-refractivity contribution < 1.29 is 14.4 Å². The number of carbonyl (C=O) groups excluding carboxylic acids is 3. The fraction of sp³-hybridized carbons (Fsp3) is 0.118. The Labute approximate surface area is 143 Å². The molecule has 3 rings (SSSR count). The smallest absolute Gasteiger partial charge is 0.316 e. The van der Waals surface area contributed by atoms with Gasteiger partial charge in [-0.15, -0.1) is 0 Å². The molecular weight excluding hydrogens is 330 g/mol. The van der Waals surface area contributed by atoms with E-state index in [0.29, 0.717) is 10.6 Å². The van der Waals surface area contributed by atoms with E-state index in [-0.39, 0.29) is 5.57 Å². The summed E-state index contributed by atoms with van der Waals surface area (Å²) in [4.78, 5) is 34.8. The van der Waals surface area contributed by atoms with Crippen molar-refractivity contribution in [3.8, 4) is 5.69 Å². The van der Waals surface area contributed by atoms with E-state index >= 15 is 0 Å². The number of halogens is 1. The van der Waals surface area contributed by atoms with Gasteiger partial charge < -0.3 is 4.57 Å². The van der Waals surface area contributed by atoms with Crippen LogP contribution in [0.15, 0.2) is 35.9 Å². The highest BCUT2D eigenvalue weighted by atomic mass is 35.5. The predicted octanol–water partition coefficient (Wildman–Crippen LogP) is 2.50. The lowest BCUT2D eigenvalue weighted by Gasteiger charge is -2.14. The molecule has 4 amide bonds. The van der Waals surface area contributed by atoms with E-state index in [2.05, 4.69) is 10.6 Å². The number of hydrogen-bond donors (Lipinski definition) is 2. The largest absolute Gasteiger partial charge is 0.328 e. The number of benzene rings is 1. The summed E-state index contributed by atoms with van der Waals surface area (Å²) >= 11 is 6.26. The van der Waals surface area contributed by atoms with Crippen molar-refractivity contribution in [2.75, 3.05) is 0 Å². The molecule has 1 aromatic heterocycles. The molecule has 1 aromatic carbocycles. The molecule has 0 aliphatic carbocycles. The first-order valence-corrected chi connectivity index (χ1v) is 7.58. The summed E-state index contributed by atoms with van der Waals surface area (Å²) < 4.78 is 1.94. The number of aromatic nitrogens is 1. The topological polar surface area (TPSA) is 80.2 Å². The molecule has 1 aliphatic rings. The zero-order valence-corrected chi connectivity index (χ0v) is 13.8. The number of para-hydroxylation sites is 1. The Kier molecular flexibility index (Phi) is 3.99. The van der Waals surface area contributed by atoms with E-state index < -0.39 is 17.8 Å². The number of rotatable bonds is 2. The van der Waals surface area contributed by atoms with Crippen LogP contribution >= 0.6 is 11.6 Å². The van der Waals surface area contributed by atoms with E-state index in [1.54, 1.807) is 6.07 Å². The number of carbonyl (C=O) groups is 3. The number of nitrogens with zero attached hydrogens (tertiary/aromatic N) is 1. The molecule has 122 valence electrons. The third-order valence-electron chi connectivity index (χ3n) is 3.81.